The van der Waals surface area contributed by atoms with Crippen molar-refractivity contribution in [3.8, 4) is 11.5 Å². The highest BCUT2D eigenvalue weighted by atomic mass is 79.9. The first-order chi connectivity index (χ1) is 11.1. The van der Waals surface area contributed by atoms with Gasteiger partial charge >= 0.3 is 11.9 Å². The van der Waals surface area contributed by atoms with Crippen LogP contribution in [0.15, 0.2) is 21.6 Å². The van der Waals surface area contributed by atoms with E-state index in [-0.39, 0.29) is 0 Å². The molecule has 1 saturated heterocycles. The minimum atomic E-state index is -1.26. The lowest BCUT2D eigenvalue weighted by Gasteiger charge is -2.31. The molecule has 0 N–H and O–H groups in total. The summed E-state index contributed by atoms with van der Waals surface area (Å²) in [7, 11) is 0. The largest absolute Gasteiger partial charge is 0.449 e. The van der Waals surface area contributed by atoms with Crippen molar-refractivity contribution in [2.75, 3.05) is 0 Å². The molecule has 0 spiro atoms. The molecule has 0 aliphatic carbocycles. The number of halogens is 1. The summed E-state index contributed by atoms with van der Waals surface area (Å²) in [6.07, 6.45) is 1.20. The van der Waals surface area contributed by atoms with Crippen LogP contribution >= 0.6 is 15.9 Å². The zero-order chi connectivity index (χ0) is 17.7. The molecular weight excluding hydrogens is 382 g/mol. The summed E-state index contributed by atoms with van der Waals surface area (Å²) in [5, 5.41) is 0. The number of rotatable bonds is 2. The topological polar surface area (TPSA) is 83.4 Å². The van der Waals surface area contributed by atoms with Crippen LogP contribution < -0.4 is 9.47 Å². The number of aliphatic imine (C=N–C) groups is 1. The molecule has 0 aromatic heterocycles. The Morgan fingerprint density at radius 2 is 1.46 bits per heavy atom. The first-order valence-electron chi connectivity index (χ1n) is 7.28. The van der Waals surface area contributed by atoms with Crippen molar-refractivity contribution in [2.24, 2.45) is 10.9 Å². The number of fused-ring (bicyclic) bond motifs is 1. The number of nitrogens with zero attached hydrogens (tertiary/aromatic N) is 1. The van der Waals surface area contributed by atoms with Crippen molar-refractivity contribution in [1.82, 2.24) is 0 Å². The van der Waals surface area contributed by atoms with Gasteiger partial charge in [-0.3, -0.25) is 14.6 Å². The third kappa shape index (κ3) is 3.24. The molecular formula is C16H16BrNO6. The van der Waals surface area contributed by atoms with Crippen LogP contribution in [0.4, 0.5) is 5.69 Å². The minimum Gasteiger partial charge on any atom is -0.449 e. The van der Waals surface area contributed by atoms with Crippen LogP contribution in [-0.4, -0.2) is 29.7 Å². The Kier molecular flexibility index (Phi) is 3.82. The van der Waals surface area contributed by atoms with E-state index in [4.69, 9.17) is 18.9 Å². The van der Waals surface area contributed by atoms with Gasteiger partial charge in [-0.05, 0) is 15.9 Å². The van der Waals surface area contributed by atoms with E-state index >= 15 is 0 Å². The van der Waals surface area contributed by atoms with Gasteiger partial charge in [0.15, 0.2) is 17.4 Å². The number of cyclic esters (lactones) is 2. The van der Waals surface area contributed by atoms with Gasteiger partial charge in [-0.1, -0.05) is 0 Å². The van der Waals surface area contributed by atoms with Crippen molar-refractivity contribution in [3.63, 3.8) is 0 Å². The summed E-state index contributed by atoms with van der Waals surface area (Å²) in [4.78, 5) is 28.1. The van der Waals surface area contributed by atoms with Crippen LogP contribution in [0.25, 0.3) is 0 Å². The van der Waals surface area contributed by atoms with Crippen LogP contribution in [0, 0.1) is 5.92 Å². The SMILES string of the molecule is CC1(C)OC(=O)C(/C=N/c2cc3c(cc2Br)OC(C)(C)O3)C(=O)O1. The minimum absolute atomic E-state index is 0.487. The molecule has 0 unspecified atom stereocenters. The molecule has 1 aromatic carbocycles. The maximum Gasteiger partial charge on any atom is 0.329 e. The Morgan fingerprint density at radius 3 is 2.04 bits per heavy atom. The van der Waals surface area contributed by atoms with Gasteiger partial charge in [-0.2, -0.15) is 0 Å². The molecule has 0 radical (unpaired) electrons. The highest BCUT2D eigenvalue weighted by Crippen LogP contribution is 2.44. The highest BCUT2D eigenvalue weighted by Gasteiger charge is 2.42. The number of carbonyl (C=O) groups is 2. The van der Waals surface area contributed by atoms with Gasteiger partial charge in [0.05, 0.1) is 5.69 Å². The van der Waals surface area contributed by atoms with Crippen LogP contribution in [0.5, 0.6) is 11.5 Å². The zero-order valence-electron chi connectivity index (χ0n) is 13.6. The van der Waals surface area contributed by atoms with E-state index in [1.165, 1.54) is 20.1 Å². The maximum absolute atomic E-state index is 11.9. The van der Waals surface area contributed by atoms with E-state index in [0.29, 0.717) is 21.7 Å². The monoisotopic (exact) mass is 397 g/mol. The lowest BCUT2D eigenvalue weighted by atomic mass is 10.1. The number of hydrogen-bond donors (Lipinski definition) is 0. The summed E-state index contributed by atoms with van der Waals surface area (Å²) in [5.41, 5.74) is 0.487. The molecule has 2 aliphatic heterocycles. The number of hydrogen-bond acceptors (Lipinski definition) is 7. The van der Waals surface area contributed by atoms with Gasteiger partial charge in [0.1, 0.15) is 0 Å². The summed E-state index contributed by atoms with van der Waals surface area (Å²) in [6.45, 7) is 6.57. The van der Waals surface area contributed by atoms with E-state index in [2.05, 4.69) is 20.9 Å². The van der Waals surface area contributed by atoms with Gasteiger partial charge in [0.2, 0.25) is 5.79 Å². The summed E-state index contributed by atoms with van der Waals surface area (Å²) in [6, 6.07) is 3.38. The fraction of sp³-hybridized carbons (Fsp3) is 0.438. The second-order valence-electron chi connectivity index (χ2n) is 6.35. The Hall–Kier alpha value is -2.09. The van der Waals surface area contributed by atoms with Crippen LogP contribution in [-0.2, 0) is 19.1 Å². The molecule has 128 valence electrons. The van der Waals surface area contributed by atoms with Crippen molar-refractivity contribution in [2.45, 2.75) is 39.3 Å². The van der Waals surface area contributed by atoms with Gasteiger partial charge < -0.3 is 18.9 Å². The average molecular weight is 398 g/mol. The molecule has 2 heterocycles. The first-order valence-corrected chi connectivity index (χ1v) is 8.07. The Morgan fingerprint density at radius 1 is 0.958 bits per heavy atom. The zero-order valence-corrected chi connectivity index (χ0v) is 15.2. The quantitative estimate of drug-likeness (QED) is 0.433. The van der Waals surface area contributed by atoms with Crippen molar-refractivity contribution in [1.29, 1.82) is 0 Å². The van der Waals surface area contributed by atoms with E-state index in [1.807, 2.05) is 0 Å². The summed E-state index contributed by atoms with van der Waals surface area (Å²) < 4.78 is 22.0. The second kappa shape index (κ2) is 5.47. The van der Waals surface area contributed by atoms with Crippen LogP contribution in [0.3, 0.4) is 0 Å². The fourth-order valence-corrected chi connectivity index (χ4v) is 2.76. The number of esters is 2. The molecule has 0 bridgehead atoms. The molecule has 7 nitrogen and oxygen atoms in total. The highest BCUT2D eigenvalue weighted by molar-refractivity contribution is 9.10. The molecule has 8 heteroatoms. The third-order valence-corrected chi connectivity index (χ3v) is 3.92. The molecule has 0 saturated carbocycles. The maximum atomic E-state index is 11.9. The van der Waals surface area contributed by atoms with Crippen LogP contribution in [0.2, 0.25) is 0 Å². The molecule has 24 heavy (non-hydrogen) atoms. The second-order valence-corrected chi connectivity index (χ2v) is 7.21. The van der Waals surface area contributed by atoms with Crippen molar-refractivity contribution >= 4 is 39.8 Å². The van der Waals surface area contributed by atoms with Gasteiger partial charge in [-0.15, -0.1) is 0 Å². The number of ether oxygens (including phenoxy) is 4. The molecule has 0 amide bonds. The van der Waals surface area contributed by atoms with Crippen LogP contribution in [0.1, 0.15) is 27.7 Å². The van der Waals surface area contributed by atoms with E-state index in [9.17, 15) is 9.59 Å². The summed E-state index contributed by atoms with van der Waals surface area (Å²) in [5.74, 6) is -3.49. The molecule has 1 fully saturated rings. The Balaban J connectivity index is 1.83. The van der Waals surface area contributed by atoms with E-state index in [0.717, 1.165) is 0 Å². The van der Waals surface area contributed by atoms with Gasteiger partial charge in [0, 0.05) is 50.5 Å². The van der Waals surface area contributed by atoms with Crippen molar-refractivity contribution < 1.29 is 28.5 Å². The predicted octanol–water partition coefficient (Wildman–Crippen LogP) is 3.11. The molecule has 3 rings (SSSR count). The first kappa shape index (κ1) is 16.8. The molecule has 2 aliphatic rings. The van der Waals surface area contributed by atoms with E-state index < -0.39 is 29.4 Å². The van der Waals surface area contributed by atoms with Crippen molar-refractivity contribution in [3.05, 3.63) is 16.6 Å². The standard InChI is InChI=1S/C16H16BrNO6/c1-15(2)21-11-5-9(17)10(6-12(11)22-15)18-7-8-13(19)23-16(3,4)24-14(8)20/h5-8H,1-4H3/b18-7+. The smallest absolute Gasteiger partial charge is 0.329 e. The number of benzene rings is 1. The van der Waals surface area contributed by atoms with E-state index in [1.54, 1.807) is 26.0 Å². The fourth-order valence-electron chi connectivity index (χ4n) is 2.34. The van der Waals surface area contributed by atoms with Gasteiger partial charge in [0.25, 0.3) is 5.79 Å². The number of carbonyl (C=O) groups excluding carboxylic acids is 2. The third-order valence-electron chi connectivity index (χ3n) is 3.29. The predicted molar refractivity (Wildman–Crippen MR) is 87.4 cm³/mol. The Bertz CT molecular complexity index is 735. The molecule has 0 atom stereocenters. The molecule has 1 aromatic rings. The normalized spacial score (nSPS) is 21.7. The lowest BCUT2D eigenvalue weighted by molar-refractivity contribution is -0.235. The average Bonchev–Trinajstić information content (AvgIpc) is 2.69. The lowest BCUT2D eigenvalue weighted by Crippen LogP contribution is -2.46. The van der Waals surface area contributed by atoms with Gasteiger partial charge in [-0.25, -0.2) is 0 Å². The summed E-state index contributed by atoms with van der Waals surface area (Å²) >= 11 is 3.38. The Labute approximate surface area is 147 Å².